The predicted molar refractivity (Wildman–Crippen MR) is 133 cm³/mol. The largest absolute Gasteiger partial charge is 0.264 e. The molecule has 0 amide bonds. The topological polar surface area (TPSA) is 38.7 Å². The molecule has 0 aliphatic rings. The van der Waals surface area contributed by atoms with E-state index in [1.807, 2.05) is 31.6 Å². The number of hydrogen-bond donors (Lipinski definition) is 0. The molecule has 5 rings (SSSR count). The summed E-state index contributed by atoms with van der Waals surface area (Å²) < 4.78 is 0. The first-order valence-corrected chi connectivity index (χ1v) is 10.9. The molecule has 0 unspecified atom stereocenters. The van der Waals surface area contributed by atoms with Gasteiger partial charge >= 0.3 is 0 Å². The molecule has 5 aromatic rings. The molecule has 0 saturated carbocycles. The molecular formula is C29H25N3. The number of hydrogen-bond acceptors (Lipinski definition) is 3. The van der Waals surface area contributed by atoms with Gasteiger partial charge in [0.25, 0.3) is 0 Å². The maximum absolute atomic E-state index is 4.73. The maximum atomic E-state index is 4.73. The van der Waals surface area contributed by atoms with Crippen molar-refractivity contribution < 1.29 is 0 Å². The third kappa shape index (κ3) is 3.56. The molecule has 3 heteroatoms. The van der Waals surface area contributed by atoms with Crippen LogP contribution in [0.25, 0.3) is 44.3 Å². The zero-order chi connectivity index (χ0) is 22.2. The van der Waals surface area contributed by atoms with Crippen LogP contribution in [-0.2, 0) is 0 Å². The summed E-state index contributed by atoms with van der Waals surface area (Å²) in [5, 5.41) is 2.33. The highest BCUT2D eigenvalue weighted by Crippen LogP contribution is 2.38. The van der Waals surface area contributed by atoms with Crippen LogP contribution in [0, 0.1) is 27.7 Å². The van der Waals surface area contributed by atoms with E-state index in [9.17, 15) is 0 Å². The first kappa shape index (κ1) is 20.1. The van der Waals surface area contributed by atoms with Crippen LogP contribution in [0.3, 0.4) is 0 Å². The lowest BCUT2D eigenvalue weighted by Crippen LogP contribution is -1.96. The van der Waals surface area contributed by atoms with Crippen molar-refractivity contribution in [2.24, 2.45) is 0 Å². The highest BCUT2D eigenvalue weighted by Gasteiger charge is 2.14. The van der Waals surface area contributed by atoms with Crippen LogP contribution in [0.5, 0.6) is 0 Å². The Labute approximate surface area is 188 Å². The highest BCUT2D eigenvalue weighted by molar-refractivity contribution is 6.05. The number of benzene rings is 2. The van der Waals surface area contributed by atoms with Gasteiger partial charge in [-0.2, -0.15) is 0 Å². The molecule has 3 heterocycles. The van der Waals surface area contributed by atoms with E-state index < -0.39 is 0 Å². The molecule has 0 aliphatic heterocycles. The Balaban J connectivity index is 1.70. The van der Waals surface area contributed by atoms with E-state index in [0.29, 0.717) is 0 Å². The van der Waals surface area contributed by atoms with Gasteiger partial charge in [-0.25, -0.2) is 0 Å². The van der Waals surface area contributed by atoms with Crippen molar-refractivity contribution in [2.45, 2.75) is 27.7 Å². The molecule has 0 saturated heterocycles. The van der Waals surface area contributed by atoms with Gasteiger partial charge in [0.05, 0.1) is 5.69 Å². The summed E-state index contributed by atoms with van der Waals surface area (Å²) in [5.41, 5.74) is 11.4. The molecule has 2 aromatic carbocycles. The first-order valence-electron chi connectivity index (χ1n) is 10.9. The Kier molecular flexibility index (Phi) is 5.02. The van der Waals surface area contributed by atoms with Crippen LogP contribution in [0.1, 0.15) is 22.5 Å². The van der Waals surface area contributed by atoms with Gasteiger partial charge in [-0.15, -0.1) is 0 Å². The van der Waals surface area contributed by atoms with Gasteiger partial charge in [-0.3, -0.25) is 15.0 Å². The second-order valence-electron chi connectivity index (χ2n) is 8.42. The molecule has 0 aliphatic carbocycles. The van der Waals surface area contributed by atoms with E-state index >= 15 is 0 Å². The van der Waals surface area contributed by atoms with Crippen molar-refractivity contribution in [1.29, 1.82) is 0 Å². The first-order chi connectivity index (χ1) is 15.5. The average molecular weight is 416 g/mol. The molecule has 0 atom stereocenters. The minimum atomic E-state index is 0.989. The monoisotopic (exact) mass is 415 g/mol. The molecular weight excluding hydrogens is 390 g/mol. The third-order valence-corrected chi connectivity index (χ3v) is 6.00. The molecule has 32 heavy (non-hydrogen) atoms. The van der Waals surface area contributed by atoms with Gasteiger partial charge < -0.3 is 0 Å². The summed E-state index contributed by atoms with van der Waals surface area (Å²) in [6, 6.07) is 21.4. The quantitative estimate of drug-likeness (QED) is 0.311. The van der Waals surface area contributed by atoms with Crippen LogP contribution < -0.4 is 0 Å². The maximum Gasteiger partial charge on any atom is 0.0704 e. The fourth-order valence-corrected chi connectivity index (χ4v) is 4.63. The Morgan fingerprint density at radius 1 is 0.688 bits per heavy atom. The molecule has 0 bridgehead atoms. The van der Waals surface area contributed by atoms with Crippen LogP contribution in [0.15, 0.2) is 79.3 Å². The Morgan fingerprint density at radius 3 is 2.31 bits per heavy atom. The van der Waals surface area contributed by atoms with Crippen molar-refractivity contribution >= 4 is 10.8 Å². The zero-order valence-corrected chi connectivity index (χ0v) is 18.8. The number of aromatic nitrogens is 3. The SMILES string of the molecule is Cc1ccnc(-c2cccc(-c3ccc(-c4c(C)cc(C)nc4C)c4ccncc34)c2)c1. The number of nitrogens with zero attached hydrogens (tertiary/aromatic N) is 3. The van der Waals surface area contributed by atoms with Gasteiger partial charge in [-0.1, -0.05) is 30.3 Å². The number of aryl methyl sites for hydroxylation is 4. The van der Waals surface area contributed by atoms with Crippen molar-refractivity contribution in [1.82, 2.24) is 15.0 Å². The summed E-state index contributed by atoms with van der Waals surface area (Å²) in [7, 11) is 0. The lowest BCUT2D eigenvalue weighted by atomic mass is 9.90. The van der Waals surface area contributed by atoms with E-state index in [2.05, 4.69) is 85.3 Å². The second kappa shape index (κ2) is 8.01. The summed E-state index contributed by atoms with van der Waals surface area (Å²) in [5.74, 6) is 0. The predicted octanol–water partition coefficient (Wildman–Crippen LogP) is 7.26. The van der Waals surface area contributed by atoms with Crippen molar-refractivity contribution in [3.63, 3.8) is 0 Å². The van der Waals surface area contributed by atoms with E-state index in [-0.39, 0.29) is 0 Å². The van der Waals surface area contributed by atoms with Crippen LogP contribution in [0.4, 0.5) is 0 Å². The van der Waals surface area contributed by atoms with Crippen LogP contribution >= 0.6 is 0 Å². The lowest BCUT2D eigenvalue weighted by Gasteiger charge is -2.16. The smallest absolute Gasteiger partial charge is 0.0704 e. The molecule has 3 nitrogen and oxygen atoms in total. The normalized spacial score (nSPS) is 11.1. The minimum absolute atomic E-state index is 0.989. The van der Waals surface area contributed by atoms with Crippen molar-refractivity contribution in [3.8, 4) is 33.5 Å². The summed E-state index contributed by atoms with van der Waals surface area (Å²) in [4.78, 5) is 13.8. The third-order valence-electron chi connectivity index (χ3n) is 6.00. The van der Waals surface area contributed by atoms with E-state index in [4.69, 9.17) is 4.98 Å². The van der Waals surface area contributed by atoms with Gasteiger partial charge in [0.15, 0.2) is 0 Å². The van der Waals surface area contributed by atoms with Crippen molar-refractivity contribution in [2.75, 3.05) is 0 Å². The Bertz CT molecular complexity index is 1440. The molecule has 156 valence electrons. The molecule has 0 fully saturated rings. The van der Waals surface area contributed by atoms with E-state index in [1.165, 1.54) is 33.2 Å². The zero-order valence-electron chi connectivity index (χ0n) is 18.8. The van der Waals surface area contributed by atoms with E-state index in [1.54, 1.807) is 0 Å². The van der Waals surface area contributed by atoms with E-state index in [0.717, 1.165) is 33.6 Å². The fourth-order valence-electron chi connectivity index (χ4n) is 4.63. The molecule has 0 radical (unpaired) electrons. The number of rotatable bonds is 3. The van der Waals surface area contributed by atoms with Gasteiger partial charge in [0.1, 0.15) is 0 Å². The van der Waals surface area contributed by atoms with Crippen LogP contribution in [0.2, 0.25) is 0 Å². The van der Waals surface area contributed by atoms with Gasteiger partial charge in [-0.05, 0) is 91.2 Å². The Morgan fingerprint density at radius 2 is 1.50 bits per heavy atom. The van der Waals surface area contributed by atoms with Crippen molar-refractivity contribution in [3.05, 3.63) is 102 Å². The van der Waals surface area contributed by atoms with Gasteiger partial charge in [0.2, 0.25) is 0 Å². The Hall–Kier alpha value is -3.85. The standard InChI is InChI=1S/C29H25N3/c1-18-10-13-31-28(14-18)23-7-5-6-22(16-23)24-8-9-26(25-11-12-30-17-27(24)25)29-19(2)15-20(3)32-21(29)4/h5-17H,1-4H3. The average Bonchev–Trinajstić information content (AvgIpc) is 2.78. The minimum Gasteiger partial charge on any atom is -0.264 e. The molecule has 0 N–H and O–H groups in total. The second-order valence-corrected chi connectivity index (χ2v) is 8.42. The summed E-state index contributed by atoms with van der Waals surface area (Å²) >= 11 is 0. The fraction of sp³-hybridized carbons (Fsp3) is 0.138. The van der Waals surface area contributed by atoms with Gasteiger partial charge in [0, 0.05) is 46.5 Å². The summed E-state index contributed by atoms with van der Waals surface area (Å²) in [6.07, 6.45) is 5.71. The lowest BCUT2D eigenvalue weighted by molar-refractivity contribution is 1.11. The number of fused-ring (bicyclic) bond motifs is 1. The molecule has 0 spiro atoms. The van der Waals surface area contributed by atoms with Crippen LogP contribution in [-0.4, -0.2) is 15.0 Å². The number of pyridine rings is 3. The molecule has 3 aromatic heterocycles. The summed E-state index contributed by atoms with van der Waals surface area (Å²) in [6.45, 7) is 8.40. The highest BCUT2D eigenvalue weighted by atomic mass is 14.7.